The summed E-state index contributed by atoms with van der Waals surface area (Å²) in [6.45, 7) is 0.727. The minimum Gasteiger partial charge on any atom is -0.497 e. The van der Waals surface area contributed by atoms with Crippen LogP contribution in [0.2, 0.25) is 0 Å². The van der Waals surface area contributed by atoms with E-state index in [0.29, 0.717) is 35.9 Å². The fraction of sp³-hybridized carbons (Fsp3) is 0.235. The molecular formula is C17H20N2O4. The summed E-state index contributed by atoms with van der Waals surface area (Å²) in [6, 6.07) is 12.2. The highest BCUT2D eigenvalue weighted by atomic mass is 16.5. The molecule has 2 rings (SSSR count). The molecule has 0 unspecified atom stereocenters. The van der Waals surface area contributed by atoms with Gasteiger partial charge in [0.2, 0.25) is 0 Å². The highest BCUT2D eigenvalue weighted by molar-refractivity contribution is 5.99. The molecule has 0 spiro atoms. The molecule has 0 aliphatic heterocycles. The van der Waals surface area contributed by atoms with Crippen molar-refractivity contribution in [2.75, 3.05) is 33.1 Å². The summed E-state index contributed by atoms with van der Waals surface area (Å²) >= 11 is 0. The largest absolute Gasteiger partial charge is 0.497 e. The van der Waals surface area contributed by atoms with Crippen molar-refractivity contribution in [1.82, 2.24) is 5.32 Å². The predicted molar refractivity (Wildman–Crippen MR) is 88.2 cm³/mol. The van der Waals surface area contributed by atoms with Gasteiger partial charge in [0, 0.05) is 11.8 Å². The van der Waals surface area contributed by atoms with E-state index in [9.17, 15) is 4.79 Å². The van der Waals surface area contributed by atoms with Gasteiger partial charge in [-0.25, -0.2) is 0 Å². The Balaban J connectivity index is 1.80. The summed E-state index contributed by atoms with van der Waals surface area (Å²) in [4.78, 5) is 12.1. The third-order valence-corrected chi connectivity index (χ3v) is 3.22. The Hall–Kier alpha value is -2.89. The van der Waals surface area contributed by atoms with Gasteiger partial charge >= 0.3 is 0 Å². The van der Waals surface area contributed by atoms with Gasteiger partial charge in [0.25, 0.3) is 5.91 Å². The molecule has 122 valence electrons. The second kappa shape index (κ2) is 7.93. The molecule has 0 heterocycles. The molecule has 0 aromatic heterocycles. The first-order chi connectivity index (χ1) is 11.1. The Kier molecular flexibility index (Phi) is 5.68. The lowest BCUT2D eigenvalue weighted by atomic mass is 10.1. The molecule has 2 aromatic carbocycles. The molecule has 3 N–H and O–H groups in total. The summed E-state index contributed by atoms with van der Waals surface area (Å²) < 4.78 is 15.7. The van der Waals surface area contributed by atoms with Crippen molar-refractivity contribution >= 4 is 11.6 Å². The lowest BCUT2D eigenvalue weighted by molar-refractivity contribution is 0.0948. The smallest absolute Gasteiger partial charge is 0.253 e. The topological polar surface area (TPSA) is 82.8 Å². The van der Waals surface area contributed by atoms with E-state index in [4.69, 9.17) is 19.9 Å². The Morgan fingerprint density at radius 1 is 1.00 bits per heavy atom. The molecular weight excluding hydrogens is 296 g/mol. The lowest BCUT2D eigenvalue weighted by Gasteiger charge is -2.10. The normalized spacial score (nSPS) is 10.0. The van der Waals surface area contributed by atoms with Gasteiger partial charge in [-0.15, -0.1) is 0 Å². The molecule has 23 heavy (non-hydrogen) atoms. The zero-order valence-corrected chi connectivity index (χ0v) is 13.2. The third-order valence-electron chi connectivity index (χ3n) is 3.22. The first kappa shape index (κ1) is 16.5. The highest BCUT2D eigenvalue weighted by Gasteiger charge is 2.09. The zero-order valence-electron chi connectivity index (χ0n) is 13.2. The SMILES string of the molecule is COc1ccc(OCCNC(=O)c2ccc(OC)cc2N)cc1. The van der Waals surface area contributed by atoms with Gasteiger partial charge < -0.3 is 25.3 Å². The lowest BCUT2D eigenvalue weighted by Crippen LogP contribution is -2.28. The average Bonchev–Trinajstić information content (AvgIpc) is 2.58. The summed E-state index contributed by atoms with van der Waals surface area (Å²) in [5.74, 6) is 1.84. The molecule has 2 aromatic rings. The molecule has 6 heteroatoms. The second-order valence-corrected chi connectivity index (χ2v) is 4.73. The van der Waals surface area contributed by atoms with E-state index < -0.39 is 0 Å². The van der Waals surface area contributed by atoms with Gasteiger partial charge in [0.15, 0.2) is 0 Å². The first-order valence-corrected chi connectivity index (χ1v) is 7.12. The highest BCUT2D eigenvalue weighted by Crippen LogP contribution is 2.19. The molecule has 0 saturated carbocycles. The molecule has 0 aliphatic carbocycles. The fourth-order valence-corrected chi connectivity index (χ4v) is 1.98. The van der Waals surface area contributed by atoms with Crippen LogP contribution >= 0.6 is 0 Å². The maximum atomic E-state index is 12.1. The number of rotatable bonds is 7. The Morgan fingerprint density at radius 3 is 2.22 bits per heavy atom. The summed E-state index contributed by atoms with van der Waals surface area (Å²) in [5.41, 5.74) is 6.62. The Labute approximate surface area is 135 Å². The Bertz CT molecular complexity index is 656. The molecule has 1 amide bonds. The summed E-state index contributed by atoms with van der Waals surface area (Å²) in [7, 11) is 3.15. The van der Waals surface area contributed by atoms with Crippen LogP contribution in [0.4, 0.5) is 5.69 Å². The van der Waals surface area contributed by atoms with Crippen LogP contribution in [-0.4, -0.2) is 33.3 Å². The Morgan fingerprint density at radius 2 is 1.61 bits per heavy atom. The predicted octanol–water partition coefficient (Wildman–Crippen LogP) is 2.09. The molecule has 0 radical (unpaired) electrons. The quantitative estimate of drug-likeness (QED) is 0.604. The van der Waals surface area contributed by atoms with Crippen molar-refractivity contribution in [2.24, 2.45) is 0 Å². The number of hydrogen-bond acceptors (Lipinski definition) is 5. The van der Waals surface area contributed by atoms with Gasteiger partial charge in [-0.3, -0.25) is 4.79 Å². The number of nitrogens with one attached hydrogen (secondary N) is 1. The van der Waals surface area contributed by atoms with Crippen molar-refractivity contribution in [3.8, 4) is 17.2 Å². The van der Waals surface area contributed by atoms with Crippen molar-refractivity contribution in [3.63, 3.8) is 0 Å². The van der Waals surface area contributed by atoms with Crippen LogP contribution in [-0.2, 0) is 0 Å². The monoisotopic (exact) mass is 316 g/mol. The minimum absolute atomic E-state index is 0.247. The van der Waals surface area contributed by atoms with E-state index in [1.54, 1.807) is 32.4 Å². The molecule has 0 saturated heterocycles. The molecule has 0 atom stereocenters. The van der Waals surface area contributed by atoms with Crippen LogP contribution < -0.4 is 25.3 Å². The number of benzene rings is 2. The minimum atomic E-state index is -0.247. The fourth-order valence-electron chi connectivity index (χ4n) is 1.98. The van der Waals surface area contributed by atoms with Crippen molar-refractivity contribution < 1.29 is 19.0 Å². The van der Waals surface area contributed by atoms with Crippen molar-refractivity contribution in [1.29, 1.82) is 0 Å². The van der Waals surface area contributed by atoms with E-state index >= 15 is 0 Å². The number of carbonyl (C=O) groups excluding carboxylic acids is 1. The standard InChI is InChI=1S/C17H20N2O4/c1-21-12-3-5-13(6-4-12)23-10-9-19-17(20)15-8-7-14(22-2)11-16(15)18/h3-8,11H,9-10,18H2,1-2H3,(H,19,20). The van der Waals surface area contributed by atoms with Crippen LogP contribution in [0.3, 0.4) is 0 Å². The van der Waals surface area contributed by atoms with Crippen LogP contribution in [0.25, 0.3) is 0 Å². The van der Waals surface area contributed by atoms with Crippen LogP contribution in [0, 0.1) is 0 Å². The van der Waals surface area contributed by atoms with Crippen LogP contribution in [0.1, 0.15) is 10.4 Å². The first-order valence-electron chi connectivity index (χ1n) is 7.12. The maximum absolute atomic E-state index is 12.1. The molecule has 0 aliphatic rings. The van der Waals surface area contributed by atoms with E-state index in [-0.39, 0.29) is 5.91 Å². The van der Waals surface area contributed by atoms with Crippen LogP contribution in [0.15, 0.2) is 42.5 Å². The van der Waals surface area contributed by atoms with Gasteiger partial charge in [-0.1, -0.05) is 0 Å². The average molecular weight is 316 g/mol. The summed E-state index contributed by atoms with van der Waals surface area (Å²) in [6.07, 6.45) is 0. The number of ether oxygens (including phenoxy) is 3. The molecule has 0 bridgehead atoms. The number of methoxy groups -OCH3 is 2. The van der Waals surface area contributed by atoms with Crippen molar-refractivity contribution in [2.45, 2.75) is 0 Å². The summed E-state index contributed by atoms with van der Waals surface area (Å²) in [5, 5.41) is 2.76. The molecule has 0 fully saturated rings. The number of nitrogens with two attached hydrogens (primary N) is 1. The van der Waals surface area contributed by atoms with E-state index in [2.05, 4.69) is 5.32 Å². The van der Waals surface area contributed by atoms with Crippen LogP contribution in [0.5, 0.6) is 17.2 Å². The molecule has 6 nitrogen and oxygen atoms in total. The van der Waals surface area contributed by atoms with Gasteiger partial charge in [-0.2, -0.15) is 0 Å². The third kappa shape index (κ3) is 4.54. The second-order valence-electron chi connectivity index (χ2n) is 4.73. The number of hydrogen-bond donors (Lipinski definition) is 2. The van der Waals surface area contributed by atoms with E-state index in [0.717, 1.165) is 5.75 Å². The number of amides is 1. The van der Waals surface area contributed by atoms with Gasteiger partial charge in [-0.05, 0) is 36.4 Å². The zero-order chi connectivity index (χ0) is 16.7. The number of nitrogen functional groups attached to an aromatic ring is 1. The number of anilines is 1. The van der Waals surface area contributed by atoms with Gasteiger partial charge in [0.1, 0.15) is 23.9 Å². The number of carbonyl (C=O) groups is 1. The van der Waals surface area contributed by atoms with E-state index in [1.807, 2.05) is 24.3 Å². The maximum Gasteiger partial charge on any atom is 0.253 e. The van der Waals surface area contributed by atoms with E-state index in [1.165, 1.54) is 0 Å². The van der Waals surface area contributed by atoms with Gasteiger partial charge in [0.05, 0.1) is 26.3 Å². The van der Waals surface area contributed by atoms with Crippen molar-refractivity contribution in [3.05, 3.63) is 48.0 Å².